The van der Waals surface area contributed by atoms with E-state index < -0.39 is 0 Å². The van der Waals surface area contributed by atoms with Crippen LogP contribution < -0.4 is 0 Å². The maximum Gasteiger partial charge on any atom is 0.164 e. The predicted octanol–water partition coefficient (Wildman–Crippen LogP) is 5.17. The Labute approximate surface area is 120 Å². The van der Waals surface area contributed by atoms with Gasteiger partial charge >= 0.3 is 0 Å². The molecule has 0 saturated heterocycles. The summed E-state index contributed by atoms with van der Waals surface area (Å²) in [5, 5.41) is 5.31. The number of fused-ring (bicyclic) bond motifs is 1. The first-order chi connectivity index (χ1) is 9.34. The van der Waals surface area contributed by atoms with Gasteiger partial charge in [0.1, 0.15) is 0 Å². The van der Waals surface area contributed by atoms with Crippen molar-refractivity contribution in [1.29, 1.82) is 0 Å². The molecule has 1 aromatic carbocycles. The van der Waals surface area contributed by atoms with Crippen LogP contribution in [0.15, 0.2) is 47.2 Å². The van der Waals surface area contributed by atoms with Crippen molar-refractivity contribution in [3.05, 3.63) is 57.6 Å². The standard InChI is InChI=1S/C16H14OS2/c17-15(8-2-5-13-6-3-10-18-13)14-7-1-4-12-9-11-19-16(12)14/h1,3-4,6-7,9-11H,2,5,8H2. The summed E-state index contributed by atoms with van der Waals surface area (Å²) >= 11 is 3.42. The van der Waals surface area contributed by atoms with Crippen LogP contribution in [-0.4, -0.2) is 5.78 Å². The van der Waals surface area contributed by atoms with E-state index in [4.69, 9.17) is 0 Å². The first-order valence-corrected chi connectivity index (χ1v) is 8.12. The molecule has 0 N–H and O–H groups in total. The van der Waals surface area contributed by atoms with Gasteiger partial charge in [0, 0.05) is 21.6 Å². The molecule has 0 saturated carbocycles. The number of carbonyl (C=O) groups is 1. The highest BCUT2D eigenvalue weighted by Gasteiger charge is 2.10. The normalized spacial score (nSPS) is 10.9. The van der Waals surface area contributed by atoms with E-state index >= 15 is 0 Å². The summed E-state index contributed by atoms with van der Waals surface area (Å²) in [6, 6.07) is 12.3. The summed E-state index contributed by atoms with van der Waals surface area (Å²) in [7, 11) is 0. The van der Waals surface area contributed by atoms with Crippen molar-refractivity contribution >= 4 is 38.5 Å². The summed E-state index contributed by atoms with van der Waals surface area (Å²) < 4.78 is 1.13. The maximum absolute atomic E-state index is 12.3. The average molecular weight is 286 g/mol. The van der Waals surface area contributed by atoms with Crippen LogP contribution in [0.25, 0.3) is 10.1 Å². The van der Waals surface area contributed by atoms with Gasteiger partial charge in [0.15, 0.2) is 5.78 Å². The van der Waals surface area contributed by atoms with Crippen LogP contribution in [0.2, 0.25) is 0 Å². The Morgan fingerprint density at radius 1 is 1.00 bits per heavy atom. The number of hydrogen-bond donors (Lipinski definition) is 0. The topological polar surface area (TPSA) is 17.1 Å². The summed E-state index contributed by atoms with van der Waals surface area (Å²) in [6.45, 7) is 0. The zero-order chi connectivity index (χ0) is 13.1. The van der Waals surface area contributed by atoms with E-state index in [2.05, 4.69) is 29.6 Å². The quantitative estimate of drug-likeness (QED) is 0.591. The van der Waals surface area contributed by atoms with Gasteiger partial charge in [-0.2, -0.15) is 0 Å². The highest BCUT2D eigenvalue weighted by Crippen LogP contribution is 2.26. The number of aryl methyl sites for hydroxylation is 1. The summed E-state index contributed by atoms with van der Waals surface area (Å²) in [5.74, 6) is 0.268. The second-order valence-electron chi connectivity index (χ2n) is 4.50. The minimum Gasteiger partial charge on any atom is -0.294 e. The molecule has 96 valence electrons. The minimum atomic E-state index is 0.268. The van der Waals surface area contributed by atoms with Crippen LogP contribution in [0.4, 0.5) is 0 Å². The molecule has 2 heterocycles. The molecule has 0 aliphatic rings. The fraction of sp³-hybridized carbons (Fsp3) is 0.188. The number of ketones is 1. The lowest BCUT2D eigenvalue weighted by molar-refractivity contribution is 0.0982. The van der Waals surface area contributed by atoms with Gasteiger partial charge in [0.25, 0.3) is 0 Å². The molecule has 0 aliphatic heterocycles. The van der Waals surface area contributed by atoms with Crippen molar-refractivity contribution < 1.29 is 4.79 Å². The first-order valence-electron chi connectivity index (χ1n) is 6.36. The molecule has 0 bridgehead atoms. The minimum absolute atomic E-state index is 0.268. The third-order valence-electron chi connectivity index (χ3n) is 3.19. The second-order valence-corrected chi connectivity index (χ2v) is 6.45. The van der Waals surface area contributed by atoms with Crippen LogP contribution in [0.3, 0.4) is 0 Å². The van der Waals surface area contributed by atoms with Crippen molar-refractivity contribution in [2.75, 3.05) is 0 Å². The van der Waals surface area contributed by atoms with Crippen LogP contribution in [-0.2, 0) is 6.42 Å². The zero-order valence-electron chi connectivity index (χ0n) is 10.5. The second kappa shape index (κ2) is 5.68. The number of benzene rings is 1. The molecule has 3 aromatic rings. The SMILES string of the molecule is O=C(CCCc1cccs1)c1cccc2ccsc12. The van der Waals surface area contributed by atoms with Gasteiger partial charge in [-0.3, -0.25) is 4.79 Å². The highest BCUT2D eigenvalue weighted by atomic mass is 32.1. The molecule has 0 fully saturated rings. The summed E-state index contributed by atoms with van der Waals surface area (Å²) in [6.07, 6.45) is 2.57. The first kappa shape index (κ1) is 12.6. The van der Waals surface area contributed by atoms with Crippen molar-refractivity contribution in [3.63, 3.8) is 0 Å². The third kappa shape index (κ3) is 2.77. The molecule has 0 radical (unpaired) electrons. The van der Waals surface area contributed by atoms with Crippen LogP contribution in [0, 0.1) is 0 Å². The Morgan fingerprint density at radius 3 is 2.79 bits per heavy atom. The predicted molar refractivity (Wildman–Crippen MR) is 83.4 cm³/mol. The number of Topliss-reactive ketones (excluding diaryl/α,β-unsaturated/α-hetero) is 1. The van der Waals surface area contributed by atoms with E-state index in [-0.39, 0.29) is 5.78 Å². The largest absolute Gasteiger partial charge is 0.294 e. The average Bonchev–Trinajstić information content (AvgIpc) is 3.08. The van der Waals surface area contributed by atoms with Crippen LogP contribution in [0.5, 0.6) is 0 Å². The molecule has 0 spiro atoms. The summed E-state index contributed by atoms with van der Waals surface area (Å²) in [5.41, 5.74) is 0.888. The molecule has 0 atom stereocenters. The molecule has 0 unspecified atom stereocenters. The van der Waals surface area contributed by atoms with Gasteiger partial charge < -0.3 is 0 Å². The lowest BCUT2D eigenvalue weighted by Gasteiger charge is -2.02. The van der Waals surface area contributed by atoms with Crippen molar-refractivity contribution in [2.45, 2.75) is 19.3 Å². The van der Waals surface area contributed by atoms with E-state index in [1.54, 1.807) is 22.7 Å². The van der Waals surface area contributed by atoms with Gasteiger partial charge in [0.05, 0.1) is 0 Å². The molecular weight excluding hydrogens is 272 g/mol. The third-order valence-corrected chi connectivity index (χ3v) is 5.09. The van der Waals surface area contributed by atoms with Crippen molar-refractivity contribution in [2.24, 2.45) is 0 Å². The van der Waals surface area contributed by atoms with Crippen LogP contribution >= 0.6 is 22.7 Å². The molecular formula is C16H14OS2. The van der Waals surface area contributed by atoms with Gasteiger partial charge in [-0.15, -0.1) is 22.7 Å². The molecule has 3 rings (SSSR count). The Hall–Kier alpha value is -1.45. The van der Waals surface area contributed by atoms with Gasteiger partial charge in [-0.25, -0.2) is 0 Å². The lowest BCUT2D eigenvalue weighted by atomic mass is 10.0. The fourth-order valence-electron chi connectivity index (χ4n) is 2.23. The van der Waals surface area contributed by atoms with Gasteiger partial charge in [0.2, 0.25) is 0 Å². The Bertz CT molecular complexity index is 680. The maximum atomic E-state index is 12.3. The molecule has 0 aliphatic carbocycles. The number of rotatable bonds is 5. The monoisotopic (exact) mass is 286 g/mol. The van der Waals surface area contributed by atoms with Crippen molar-refractivity contribution in [3.8, 4) is 0 Å². The molecule has 1 nitrogen and oxygen atoms in total. The Balaban J connectivity index is 1.68. The number of carbonyl (C=O) groups excluding carboxylic acids is 1. The van der Waals surface area contributed by atoms with Gasteiger partial charge in [-0.1, -0.05) is 18.2 Å². The van der Waals surface area contributed by atoms with Gasteiger partial charge in [-0.05, 0) is 47.2 Å². The van der Waals surface area contributed by atoms with Crippen molar-refractivity contribution in [1.82, 2.24) is 0 Å². The molecule has 0 amide bonds. The number of thiophene rings is 2. The van der Waals surface area contributed by atoms with E-state index in [1.165, 1.54) is 10.3 Å². The summed E-state index contributed by atoms with van der Waals surface area (Å²) in [4.78, 5) is 13.7. The number of hydrogen-bond acceptors (Lipinski definition) is 3. The zero-order valence-corrected chi connectivity index (χ0v) is 12.1. The highest BCUT2D eigenvalue weighted by molar-refractivity contribution is 7.17. The van der Waals surface area contributed by atoms with E-state index in [0.717, 1.165) is 23.1 Å². The Morgan fingerprint density at radius 2 is 1.95 bits per heavy atom. The smallest absolute Gasteiger partial charge is 0.164 e. The van der Waals surface area contributed by atoms with Crippen LogP contribution in [0.1, 0.15) is 28.1 Å². The molecule has 3 heteroatoms. The van der Waals surface area contributed by atoms with E-state index in [0.29, 0.717) is 6.42 Å². The Kier molecular flexibility index (Phi) is 3.76. The molecule has 2 aromatic heterocycles. The van der Waals surface area contributed by atoms with E-state index in [9.17, 15) is 4.79 Å². The van der Waals surface area contributed by atoms with E-state index in [1.807, 2.05) is 17.5 Å². The molecule has 19 heavy (non-hydrogen) atoms. The fourth-order valence-corrected chi connectivity index (χ4v) is 3.91. The lowest BCUT2D eigenvalue weighted by Crippen LogP contribution is -1.99.